The molecule has 37 heavy (non-hydrogen) atoms. The normalized spacial score (nSPS) is 18.3. The van der Waals surface area contributed by atoms with Crippen LogP contribution in [0, 0.1) is 12.7 Å². The number of halogens is 1. The van der Waals surface area contributed by atoms with Crippen molar-refractivity contribution >= 4 is 10.9 Å². The van der Waals surface area contributed by atoms with Gasteiger partial charge >= 0.3 is 0 Å². The number of methoxy groups -OCH3 is 2. The Morgan fingerprint density at radius 2 is 1.84 bits per heavy atom. The second-order valence-electron chi connectivity index (χ2n) is 9.83. The Hall–Kier alpha value is -3.35. The van der Waals surface area contributed by atoms with Gasteiger partial charge in [-0.2, -0.15) is 0 Å². The van der Waals surface area contributed by atoms with Crippen molar-refractivity contribution in [3.8, 4) is 11.5 Å². The first kappa shape index (κ1) is 25.3. The van der Waals surface area contributed by atoms with Crippen LogP contribution in [0.2, 0.25) is 0 Å². The van der Waals surface area contributed by atoms with Gasteiger partial charge in [-0.3, -0.25) is 0 Å². The molecule has 5 nitrogen and oxygen atoms in total. The van der Waals surface area contributed by atoms with E-state index in [1.807, 2.05) is 25.1 Å². The van der Waals surface area contributed by atoms with Gasteiger partial charge in [0.15, 0.2) is 0 Å². The van der Waals surface area contributed by atoms with Gasteiger partial charge in [0.05, 0.1) is 13.7 Å². The van der Waals surface area contributed by atoms with Crippen molar-refractivity contribution in [1.29, 1.82) is 0 Å². The highest BCUT2D eigenvalue weighted by Gasteiger charge is 2.37. The Morgan fingerprint density at radius 3 is 2.54 bits per heavy atom. The van der Waals surface area contributed by atoms with Crippen LogP contribution in [0.25, 0.3) is 10.9 Å². The van der Waals surface area contributed by atoms with Crippen molar-refractivity contribution in [3.63, 3.8) is 0 Å². The van der Waals surface area contributed by atoms with Crippen LogP contribution in [0.15, 0.2) is 66.7 Å². The summed E-state index contributed by atoms with van der Waals surface area (Å²) in [5.74, 6) is 0.968. The van der Waals surface area contributed by atoms with E-state index < -0.39 is 5.60 Å². The van der Waals surface area contributed by atoms with Crippen LogP contribution in [0.5, 0.6) is 11.5 Å². The minimum absolute atomic E-state index is 0.186. The maximum absolute atomic E-state index is 14.6. The maximum atomic E-state index is 14.6. The topological polar surface area (TPSA) is 41.9 Å². The van der Waals surface area contributed by atoms with Gasteiger partial charge in [0, 0.05) is 55.8 Å². The van der Waals surface area contributed by atoms with Gasteiger partial charge in [-0.05, 0) is 60.9 Å². The summed E-state index contributed by atoms with van der Waals surface area (Å²) >= 11 is 0. The number of fused-ring (bicyclic) bond motifs is 1. The number of hydrogen-bond donors (Lipinski definition) is 0. The molecule has 3 aromatic carbocycles. The standard InChI is InChI=1S/C31H34FNO4/c1-21(37-27-16-24(15-25(32)17-27)31(35-4)12-13-36-20-31)14-28-22(2)33(19-23-8-6-5-7-9-23)30-11-10-26(34-3)18-29(28)30/h5-11,15-18,21H,12-14,19-20H2,1-4H3. The molecule has 0 aliphatic carbocycles. The molecule has 194 valence electrons. The fourth-order valence-corrected chi connectivity index (χ4v) is 5.39. The predicted octanol–water partition coefficient (Wildman–Crippen LogP) is 6.42. The van der Waals surface area contributed by atoms with Crippen molar-refractivity contribution < 1.29 is 23.3 Å². The molecule has 1 fully saturated rings. The Balaban J connectivity index is 1.45. The van der Waals surface area contributed by atoms with Gasteiger partial charge < -0.3 is 23.5 Å². The zero-order valence-electron chi connectivity index (χ0n) is 21.9. The van der Waals surface area contributed by atoms with Crippen LogP contribution in [-0.4, -0.2) is 38.1 Å². The molecule has 5 rings (SSSR count). The van der Waals surface area contributed by atoms with E-state index in [-0.39, 0.29) is 11.9 Å². The molecule has 6 heteroatoms. The molecule has 0 saturated carbocycles. The summed E-state index contributed by atoms with van der Waals surface area (Å²) in [7, 11) is 3.33. The van der Waals surface area contributed by atoms with Gasteiger partial charge in [-0.1, -0.05) is 30.3 Å². The summed E-state index contributed by atoms with van der Waals surface area (Å²) in [5, 5.41) is 1.14. The number of nitrogens with zero attached hydrogens (tertiary/aromatic N) is 1. The summed E-state index contributed by atoms with van der Waals surface area (Å²) in [6, 6.07) is 21.5. The Morgan fingerprint density at radius 1 is 1.03 bits per heavy atom. The lowest BCUT2D eigenvalue weighted by Gasteiger charge is -2.27. The van der Waals surface area contributed by atoms with Crippen LogP contribution < -0.4 is 9.47 Å². The zero-order valence-corrected chi connectivity index (χ0v) is 21.9. The second kappa shape index (κ2) is 10.6. The van der Waals surface area contributed by atoms with Crippen LogP contribution in [-0.2, 0) is 28.0 Å². The molecule has 0 N–H and O–H groups in total. The number of hydrogen-bond acceptors (Lipinski definition) is 4. The summed E-state index contributed by atoms with van der Waals surface area (Å²) in [5.41, 5.74) is 4.89. The Kier molecular flexibility index (Phi) is 7.22. The number of ether oxygens (including phenoxy) is 4. The van der Waals surface area contributed by atoms with Crippen LogP contribution in [0.3, 0.4) is 0 Å². The minimum Gasteiger partial charge on any atom is -0.497 e. The first-order chi connectivity index (χ1) is 17.9. The second-order valence-corrected chi connectivity index (χ2v) is 9.83. The maximum Gasteiger partial charge on any atom is 0.127 e. The lowest BCUT2D eigenvalue weighted by atomic mass is 9.92. The fourth-order valence-electron chi connectivity index (χ4n) is 5.39. The van der Waals surface area contributed by atoms with Crippen LogP contribution >= 0.6 is 0 Å². The van der Waals surface area contributed by atoms with E-state index in [0.29, 0.717) is 31.8 Å². The molecule has 4 aromatic rings. The lowest BCUT2D eigenvalue weighted by Crippen LogP contribution is -2.29. The monoisotopic (exact) mass is 503 g/mol. The molecular formula is C31H34FNO4. The molecule has 1 aliphatic rings. The number of benzene rings is 3. The molecule has 1 saturated heterocycles. The van der Waals surface area contributed by atoms with Gasteiger partial charge in [-0.15, -0.1) is 0 Å². The highest BCUT2D eigenvalue weighted by atomic mass is 19.1. The van der Waals surface area contributed by atoms with Gasteiger partial charge in [0.25, 0.3) is 0 Å². The van der Waals surface area contributed by atoms with Gasteiger partial charge in [0.2, 0.25) is 0 Å². The molecule has 0 spiro atoms. The quantitative estimate of drug-likeness (QED) is 0.264. The summed E-state index contributed by atoms with van der Waals surface area (Å²) in [6.07, 6.45) is 1.17. The van der Waals surface area contributed by atoms with Crippen molar-refractivity contribution in [3.05, 3.63) is 94.9 Å². The summed E-state index contributed by atoms with van der Waals surface area (Å²) < 4.78 is 40.1. The predicted molar refractivity (Wildman–Crippen MR) is 143 cm³/mol. The number of aromatic nitrogens is 1. The lowest BCUT2D eigenvalue weighted by molar-refractivity contribution is -0.0217. The average Bonchev–Trinajstić information content (AvgIpc) is 3.49. The highest BCUT2D eigenvalue weighted by Crippen LogP contribution is 2.37. The van der Waals surface area contributed by atoms with E-state index in [9.17, 15) is 4.39 Å². The first-order valence-corrected chi connectivity index (χ1v) is 12.7. The number of rotatable bonds is 9. The minimum atomic E-state index is -0.637. The molecule has 0 amide bonds. The molecular weight excluding hydrogens is 469 g/mol. The molecule has 1 aliphatic heterocycles. The average molecular weight is 504 g/mol. The first-order valence-electron chi connectivity index (χ1n) is 12.7. The van der Waals surface area contributed by atoms with E-state index in [1.165, 1.54) is 29.0 Å². The van der Waals surface area contributed by atoms with Gasteiger partial charge in [-0.25, -0.2) is 4.39 Å². The molecule has 0 radical (unpaired) electrons. The highest BCUT2D eigenvalue weighted by molar-refractivity contribution is 5.87. The Labute approximate surface area is 217 Å². The zero-order chi connectivity index (χ0) is 26.0. The molecule has 2 atom stereocenters. The van der Waals surface area contributed by atoms with E-state index in [0.717, 1.165) is 28.8 Å². The Bertz CT molecular complexity index is 1380. The molecule has 1 aromatic heterocycles. The molecule has 2 unspecified atom stereocenters. The van der Waals surface area contributed by atoms with E-state index >= 15 is 0 Å². The largest absolute Gasteiger partial charge is 0.497 e. The third-order valence-electron chi connectivity index (χ3n) is 7.45. The van der Waals surface area contributed by atoms with Crippen molar-refractivity contribution in [2.45, 2.75) is 44.9 Å². The van der Waals surface area contributed by atoms with Crippen molar-refractivity contribution in [2.75, 3.05) is 27.4 Å². The third-order valence-corrected chi connectivity index (χ3v) is 7.45. The van der Waals surface area contributed by atoms with E-state index in [4.69, 9.17) is 18.9 Å². The van der Waals surface area contributed by atoms with Crippen molar-refractivity contribution in [1.82, 2.24) is 4.57 Å². The summed E-state index contributed by atoms with van der Waals surface area (Å²) in [6.45, 7) is 5.95. The third kappa shape index (κ3) is 5.09. The smallest absolute Gasteiger partial charge is 0.127 e. The molecule has 2 heterocycles. The van der Waals surface area contributed by atoms with E-state index in [1.54, 1.807) is 14.2 Å². The van der Waals surface area contributed by atoms with Gasteiger partial charge in [0.1, 0.15) is 29.0 Å². The SMILES string of the molecule is COc1ccc2c(c1)c(CC(C)Oc1cc(F)cc(C3(OC)CCOC3)c1)c(C)n2Cc1ccccc1. The van der Waals surface area contributed by atoms with E-state index in [2.05, 4.69) is 47.9 Å². The van der Waals surface area contributed by atoms with Crippen LogP contribution in [0.1, 0.15) is 35.7 Å². The van der Waals surface area contributed by atoms with Crippen molar-refractivity contribution in [2.24, 2.45) is 0 Å². The summed E-state index contributed by atoms with van der Waals surface area (Å²) in [4.78, 5) is 0. The molecule has 0 bridgehead atoms. The fraction of sp³-hybridized carbons (Fsp3) is 0.355. The van der Waals surface area contributed by atoms with Crippen LogP contribution in [0.4, 0.5) is 4.39 Å².